The molecule has 0 atom stereocenters. The molecule has 3 aromatic rings. The first-order valence-corrected chi connectivity index (χ1v) is 5.43. The van der Waals surface area contributed by atoms with Crippen LogP contribution in [0, 0.1) is 0 Å². The number of rotatable bonds is 1. The first-order valence-electron chi connectivity index (χ1n) is 4.62. The maximum absolute atomic E-state index is 9.24. The number of benzene rings is 1. The van der Waals surface area contributed by atoms with E-state index in [1.807, 2.05) is 34.9 Å². The normalized spacial score (nSPS) is 11.3. The second-order valence-corrected chi connectivity index (χ2v) is 4.42. The fourth-order valence-electron chi connectivity index (χ4n) is 1.80. The highest BCUT2D eigenvalue weighted by molar-refractivity contribution is 7.25. The maximum Gasteiger partial charge on any atom is 0.489 e. The average molecular weight is 217 g/mol. The van der Waals surface area contributed by atoms with Crippen LogP contribution in [0.1, 0.15) is 0 Å². The molecule has 5 heteroatoms. The van der Waals surface area contributed by atoms with E-state index in [0.717, 1.165) is 15.0 Å². The molecule has 0 amide bonds. The molecule has 1 aromatic carbocycles. The van der Waals surface area contributed by atoms with Gasteiger partial charge in [-0.15, -0.1) is 11.3 Å². The lowest BCUT2D eigenvalue weighted by Gasteiger charge is -1.99. The van der Waals surface area contributed by atoms with E-state index >= 15 is 0 Å². The summed E-state index contributed by atoms with van der Waals surface area (Å²) in [6, 6.07) is 9.54. The summed E-state index contributed by atoms with van der Waals surface area (Å²) in [5.74, 6) is 0. The van der Waals surface area contributed by atoms with Crippen molar-refractivity contribution < 1.29 is 10.0 Å². The van der Waals surface area contributed by atoms with E-state index in [-0.39, 0.29) is 0 Å². The highest BCUT2D eigenvalue weighted by Crippen LogP contribution is 2.25. The van der Waals surface area contributed by atoms with Crippen molar-refractivity contribution in [3.63, 3.8) is 0 Å². The molecule has 0 unspecified atom stereocenters. The van der Waals surface area contributed by atoms with Crippen molar-refractivity contribution in [1.82, 2.24) is 4.40 Å². The Bertz CT molecular complexity index is 628. The van der Waals surface area contributed by atoms with Gasteiger partial charge in [-0.25, -0.2) is 0 Å². The lowest BCUT2D eigenvalue weighted by atomic mass is 9.80. The van der Waals surface area contributed by atoms with Gasteiger partial charge in [0.05, 0.1) is 10.2 Å². The van der Waals surface area contributed by atoms with Gasteiger partial charge in [0.2, 0.25) is 0 Å². The summed E-state index contributed by atoms with van der Waals surface area (Å²) < 4.78 is 2.98. The van der Waals surface area contributed by atoms with Crippen molar-refractivity contribution in [2.45, 2.75) is 0 Å². The van der Waals surface area contributed by atoms with Crippen LogP contribution >= 0.6 is 11.3 Å². The third kappa shape index (κ3) is 1.21. The van der Waals surface area contributed by atoms with Crippen LogP contribution in [0.25, 0.3) is 15.0 Å². The molecule has 0 aliphatic heterocycles. The topological polar surface area (TPSA) is 44.9 Å². The molecule has 0 saturated carbocycles. The van der Waals surface area contributed by atoms with Crippen LogP contribution in [-0.2, 0) is 0 Å². The Kier molecular flexibility index (Phi) is 1.85. The minimum atomic E-state index is -1.41. The Balaban J connectivity index is 2.48. The van der Waals surface area contributed by atoms with Crippen molar-refractivity contribution in [1.29, 1.82) is 0 Å². The highest BCUT2D eigenvalue weighted by atomic mass is 32.1. The molecule has 0 radical (unpaired) electrons. The van der Waals surface area contributed by atoms with E-state index in [0.29, 0.717) is 5.46 Å². The van der Waals surface area contributed by atoms with Gasteiger partial charge < -0.3 is 14.4 Å². The summed E-state index contributed by atoms with van der Waals surface area (Å²) in [5, 5.41) is 18.5. The van der Waals surface area contributed by atoms with Crippen molar-refractivity contribution in [3.8, 4) is 0 Å². The zero-order chi connectivity index (χ0) is 10.4. The summed E-state index contributed by atoms with van der Waals surface area (Å²) in [4.78, 5) is 1.11. The Morgan fingerprint density at radius 2 is 2.00 bits per heavy atom. The van der Waals surface area contributed by atoms with E-state index in [1.54, 1.807) is 17.4 Å². The number of hydrogen-bond donors (Lipinski definition) is 2. The third-order valence-electron chi connectivity index (χ3n) is 2.48. The Morgan fingerprint density at radius 1 is 1.13 bits per heavy atom. The predicted molar refractivity (Wildman–Crippen MR) is 62.6 cm³/mol. The van der Waals surface area contributed by atoms with Gasteiger partial charge in [0.25, 0.3) is 0 Å². The van der Waals surface area contributed by atoms with Crippen molar-refractivity contribution in [3.05, 3.63) is 36.5 Å². The quantitative estimate of drug-likeness (QED) is 0.593. The van der Waals surface area contributed by atoms with Gasteiger partial charge >= 0.3 is 7.12 Å². The summed E-state index contributed by atoms with van der Waals surface area (Å²) in [6.45, 7) is 0. The second-order valence-electron chi connectivity index (χ2n) is 3.39. The van der Waals surface area contributed by atoms with Crippen LogP contribution in [0.4, 0.5) is 0 Å². The highest BCUT2D eigenvalue weighted by Gasteiger charge is 2.17. The van der Waals surface area contributed by atoms with Crippen LogP contribution in [0.15, 0.2) is 36.5 Å². The standard InChI is InChI=1S/C10H8BNO2S/c13-11(14)7-3-1-4-8-10(7)15-9-5-2-6-12(8)9/h1-6,13-14H. The van der Waals surface area contributed by atoms with Gasteiger partial charge in [-0.1, -0.05) is 12.1 Å². The SMILES string of the molecule is OB(O)c1cccc2c1sc1cccn12. The van der Waals surface area contributed by atoms with Gasteiger partial charge in [0.15, 0.2) is 0 Å². The molecule has 2 heterocycles. The molecule has 74 valence electrons. The van der Waals surface area contributed by atoms with Gasteiger partial charge in [0, 0.05) is 11.7 Å². The van der Waals surface area contributed by atoms with Crippen LogP contribution in [0.2, 0.25) is 0 Å². The molecule has 3 nitrogen and oxygen atoms in total. The van der Waals surface area contributed by atoms with Gasteiger partial charge in [-0.3, -0.25) is 0 Å². The predicted octanol–water partition coefficient (Wildman–Crippen LogP) is 0.834. The number of fused-ring (bicyclic) bond motifs is 3. The zero-order valence-corrected chi connectivity index (χ0v) is 8.61. The van der Waals surface area contributed by atoms with Crippen LogP contribution < -0.4 is 5.46 Å². The molecule has 0 saturated heterocycles. The monoisotopic (exact) mass is 217 g/mol. The summed E-state index contributed by atoms with van der Waals surface area (Å²) in [7, 11) is -1.41. The minimum Gasteiger partial charge on any atom is -0.423 e. The Morgan fingerprint density at radius 3 is 2.80 bits per heavy atom. The smallest absolute Gasteiger partial charge is 0.423 e. The van der Waals surface area contributed by atoms with Crippen molar-refractivity contribution in [2.24, 2.45) is 0 Å². The van der Waals surface area contributed by atoms with E-state index in [9.17, 15) is 10.0 Å². The largest absolute Gasteiger partial charge is 0.489 e. The molecular weight excluding hydrogens is 209 g/mol. The Labute approximate surface area is 90.4 Å². The first kappa shape index (κ1) is 8.97. The number of thiazole rings is 1. The molecule has 0 aliphatic carbocycles. The second kappa shape index (κ2) is 3.10. The van der Waals surface area contributed by atoms with Crippen molar-refractivity contribution >= 4 is 39.0 Å². The molecule has 15 heavy (non-hydrogen) atoms. The molecule has 0 aliphatic rings. The van der Waals surface area contributed by atoms with Gasteiger partial charge in [-0.2, -0.15) is 0 Å². The summed E-state index contributed by atoms with van der Waals surface area (Å²) >= 11 is 1.57. The molecule has 0 bridgehead atoms. The van der Waals surface area contributed by atoms with Crippen molar-refractivity contribution in [2.75, 3.05) is 0 Å². The molecule has 0 spiro atoms. The van der Waals surface area contributed by atoms with Crippen LogP contribution in [0.3, 0.4) is 0 Å². The van der Waals surface area contributed by atoms with Gasteiger partial charge in [0.1, 0.15) is 4.83 Å². The summed E-state index contributed by atoms with van der Waals surface area (Å²) in [6.07, 6.45) is 1.97. The fourth-order valence-corrected chi connectivity index (χ4v) is 2.97. The fraction of sp³-hybridized carbons (Fsp3) is 0. The third-order valence-corrected chi connectivity index (χ3v) is 3.67. The first-order chi connectivity index (χ1) is 7.27. The number of hydrogen-bond acceptors (Lipinski definition) is 3. The molecule has 2 N–H and O–H groups in total. The zero-order valence-electron chi connectivity index (χ0n) is 7.79. The van der Waals surface area contributed by atoms with E-state index in [4.69, 9.17) is 0 Å². The maximum atomic E-state index is 9.24. The van der Waals surface area contributed by atoms with Gasteiger partial charge in [-0.05, 0) is 18.2 Å². The lowest BCUT2D eigenvalue weighted by Crippen LogP contribution is -2.29. The van der Waals surface area contributed by atoms with Crippen LogP contribution in [-0.4, -0.2) is 21.6 Å². The van der Waals surface area contributed by atoms with E-state index in [1.165, 1.54) is 0 Å². The lowest BCUT2D eigenvalue weighted by molar-refractivity contribution is 0.426. The van der Waals surface area contributed by atoms with E-state index < -0.39 is 7.12 Å². The molecule has 3 rings (SSSR count). The van der Waals surface area contributed by atoms with Crippen LogP contribution in [0.5, 0.6) is 0 Å². The number of aromatic nitrogens is 1. The molecule has 2 aromatic heterocycles. The molecular formula is C10H8BNO2S. The summed E-state index contributed by atoms with van der Waals surface area (Å²) in [5.41, 5.74) is 1.59. The Hall–Kier alpha value is -1.30. The molecule has 0 fully saturated rings. The minimum absolute atomic E-state index is 0.571. The van der Waals surface area contributed by atoms with E-state index in [2.05, 4.69) is 0 Å². The average Bonchev–Trinajstić information content (AvgIpc) is 2.75. The number of nitrogens with zero attached hydrogens (tertiary/aromatic N) is 1.